The smallest absolute Gasteiger partial charge is 0.246 e. The molecule has 3 heterocycles. The number of hydrogen-bond donors (Lipinski definition) is 2. The van der Waals surface area contributed by atoms with Crippen molar-refractivity contribution in [3.05, 3.63) is 47.8 Å². The molecule has 4 fully saturated rings. The number of rotatable bonds is 6. The second-order valence-corrected chi connectivity index (χ2v) is 12.6. The van der Waals surface area contributed by atoms with E-state index in [2.05, 4.69) is 40.1 Å². The van der Waals surface area contributed by atoms with Crippen molar-refractivity contribution in [1.29, 1.82) is 5.26 Å². The molecule has 3 aliphatic heterocycles. The Morgan fingerprint density at radius 3 is 2.90 bits per heavy atom. The SMILES string of the molecule is C=CC(=O)N1CCN(C2NC(OC[C@H]3CCCN3C)NC3C[C@]4(CCc5cc(F)ccc54)CCC32)C[C@H]1CC#N. The highest BCUT2D eigenvalue weighted by Gasteiger charge is 2.51. The van der Waals surface area contributed by atoms with Gasteiger partial charge in [0.25, 0.3) is 0 Å². The molecule has 1 aromatic carbocycles. The number of benzene rings is 1. The summed E-state index contributed by atoms with van der Waals surface area (Å²) in [5, 5.41) is 17.2. The molecule has 0 aromatic heterocycles. The second kappa shape index (κ2) is 11.5. The first-order valence-corrected chi connectivity index (χ1v) is 15.1. The van der Waals surface area contributed by atoms with Crippen molar-refractivity contribution in [2.24, 2.45) is 5.92 Å². The molecule has 2 aliphatic carbocycles. The topological polar surface area (TPSA) is 83.9 Å². The van der Waals surface area contributed by atoms with E-state index < -0.39 is 0 Å². The Labute approximate surface area is 237 Å². The summed E-state index contributed by atoms with van der Waals surface area (Å²) in [6, 6.07) is 8.22. The number of fused-ring (bicyclic) bond motifs is 3. The number of amides is 1. The maximum atomic E-state index is 14.0. The van der Waals surface area contributed by atoms with Crippen LogP contribution in [0.15, 0.2) is 30.9 Å². The fourth-order valence-corrected chi connectivity index (χ4v) is 8.36. The lowest BCUT2D eigenvalue weighted by Crippen LogP contribution is -2.72. The minimum atomic E-state index is -0.272. The van der Waals surface area contributed by atoms with Gasteiger partial charge in [-0.25, -0.2) is 4.39 Å². The molecule has 1 amide bonds. The molecule has 3 saturated heterocycles. The van der Waals surface area contributed by atoms with Crippen LogP contribution in [0.25, 0.3) is 0 Å². The lowest BCUT2D eigenvalue weighted by Gasteiger charge is -2.55. The highest BCUT2D eigenvalue weighted by atomic mass is 19.1. The quantitative estimate of drug-likeness (QED) is 0.527. The van der Waals surface area contributed by atoms with Crippen molar-refractivity contribution in [3.8, 4) is 6.07 Å². The van der Waals surface area contributed by atoms with Gasteiger partial charge in [0.05, 0.1) is 31.3 Å². The molecule has 0 bridgehead atoms. The fraction of sp³-hybridized carbons (Fsp3) is 0.677. The van der Waals surface area contributed by atoms with Crippen LogP contribution in [0, 0.1) is 23.1 Å². The molecule has 216 valence electrons. The zero-order valence-electron chi connectivity index (χ0n) is 23.7. The lowest BCUT2D eigenvalue weighted by molar-refractivity contribution is -0.136. The van der Waals surface area contributed by atoms with Crippen molar-refractivity contribution in [3.63, 3.8) is 0 Å². The minimum Gasteiger partial charge on any atom is -0.348 e. The molecular formula is C31H43FN6O2. The Hall–Kier alpha value is -2.35. The Bertz CT molecular complexity index is 1160. The molecular weight excluding hydrogens is 507 g/mol. The van der Waals surface area contributed by atoms with Crippen LogP contribution < -0.4 is 10.6 Å². The molecule has 2 N–H and O–H groups in total. The Balaban J connectivity index is 1.23. The van der Waals surface area contributed by atoms with E-state index in [0.717, 1.165) is 51.6 Å². The lowest BCUT2D eigenvalue weighted by atomic mass is 9.64. The number of nitriles is 1. The van der Waals surface area contributed by atoms with E-state index in [1.54, 1.807) is 17.0 Å². The van der Waals surface area contributed by atoms with Crippen LogP contribution in [0.5, 0.6) is 0 Å². The largest absolute Gasteiger partial charge is 0.348 e. The van der Waals surface area contributed by atoms with Crippen molar-refractivity contribution in [2.75, 3.05) is 39.8 Å². The van der Waals surface area contributed by atoms with Crippen molar-refractivity contribution < 1.29 is 13.9 Å². The van der Waals surface area contributed by atoms with Gasteiger partial charge < -0.3 is 14.5 Å². The van der Waals surface area contributed by atoms with Crippen LogP contribution in [0.1, 0.15) is 56.1 Å². The van der Waals surface area contributed by atoms with Crippen LogP contribution in [0.3, 0.4) is 0 Å². The molecule has 9 heteroatoms. The zero-order valence-corrected chi connectivity index (χ0v) is 23.7. The van der Waals surface area contributed by atoms with E-state index in [-0.39, 0.29) is 41.7 Å². The van der Waals surface area contributed by atoms with Gasteiger partial charge in [-0.15, -0.1) is 0 Å². The Kier molecular flexibility index (Phi) is 7.99. The highest BCUT2D eigenvalue weighted by Crippen LogP contribution is 2.51. The third kappa shape index (κ3) is 5.21. The Morgan fingerprint density at radius 1 is 1.25 bits per heavy atom. The van der Waals surface area contributed by atoms with Gasteiger partial charge in [-0.05, 0) is 93.3 Å². The van der Waals surface area contributed by atoms with Gasteiger partial charge in [0.2, 0.25) is 5.91 Å². The molecule has 5 aliphatic rings. The maximum absolute atomic E-state index is 14.0. The monoisotopic (exact) mass is 550 g/mol. The summed E-state index contributed by atoms with van der Waals surface area (Å²) in [7, 11) is 2.17. The first-order chi connectivity index (χ1) is 19.4. The van der Waals surface area contributed by atoms with Gasteiger partial charge in [-0.1, -0.05) is 12.6 Å². The second-order valence-electron chi connectivity index (χ2n) is 12.6. The summed E-state index contributed by atoms with van der Waals surface area (Å²) >= 11 is 0. The van der Waals surface area contributed by atoms with Gasteiger partial charge in [0.15, 0.2) is 6.35 Å². The number of likely N-dealkylation sites (N-methyl/N-ethyl adjacent to an activating group) is 1. The average Bonchev–Trinajstić information content (AvgIpc) is 3.53. The normalized spacial score (nSPS) is 36.3. The number of nitrogens with one attached hydrogen (secondary N) is 2. The number of halogens is 1. The van der Waals surface area contributed by atoms with E-state index in [1.165, 1.54) is 23.6 Å². The number of aryl methyl sites for hydroxylation is 1. The van der Waals surface area contributed by atoms with Gasteiger partial charge in [-0.2, -0.15) is 5.26 Å². The molecule has 1 spiro atoms. The highest BCUT2D eigenvalue weighted by molar-refractivity contribution is 5.87. The number of likely N-dealkylation sites (tertiary alicyclic amines) is 1. The number of nitrogens with zero attached hydrogens (tertiary/aromatic N) is 4. The van der Waals surface area contributed by atoms with Gasteiger partial charge in [-0.3, -0.25) is 20.3 Å². The first kappa shape index (κ1) is 27.8. The summed E-state index contributed by atoms with van der Waals surface area (Å²) < 4.78 is 20.5. The number of piperazine rings is 1. The third-order valence-electron chi connectivity index (χ3n) is 10.5. The van der Waals surface area contributed by atoms with E-state index in [1.807, 2.05) is 6.07 Å². The molecule has 40 heavy (non-hydrogen) atoms. The standard InChI is InChI=1S/C31H43FN6O2/c1-3-28(39)38-16-15-37(19-23(38)10-13-33)29-25-9-12-31(11-8-21-17-22(32)6-7-26(21)31)18-27(25)34-30(35-29)40-20-24-5-4-14-36(24)2/h3,6-7,17,23-25,27,29-30,34-35H,1,4-5,8-12,14-16,18-20H2,2H3/t23-,24-,25?,27?,29?,30?,31+/m1/s1. The maximum Gasteiger partial charge on any atom is 0.246 e. The van der Waals surface area contributed by atoms with Crippen LogP contribution in [-0.2, 0) is 21.4 Å². The summed E-state index contributed by atoms with van der Waals surface area (Å²) in [4.78, 5) is 19.2. The van der Waals surface area contributed by atoms with Crippen LogP contribution in [0.4, 0.5) is 4.39 Å². The number of carbonyl (C=O) groups is 1. The minimum absolute atomic E-state index is 0.0771. The Morgan fingerprint density at radius 2 is 2.12 bits per heavy atom. The van der Waals surface area contributed by atoms with Crippen molar-refractivity contribution in [1.82, 2.24) is 25.3 Å². The predicted octanol–water partition coefficient (Wildman–Crippen LogP) is 2.70. The molecule has 7 atom stereocenters. The third-order valence-corrected chi connectivity index (χ3v) is 10.5. The van der Waals surface area contributed by atoms with Crippen LogP contribution in [0.2, 0.25) is 0 Å². The van der Waals surface area contributed by atoms with E-state index in [9.17, 15) is 14.4 Å². The molecule has 1 saturated carbocycles. The number of carbonyl (C=O) groups excluding carboxylic acids is 1. The zero-order chi connectivity index (χ0) is 27.9. The summed E-state index contributed by atoms with van der Waals surface area (Å²) in [5.74, 6) is 0.123. The summed E-state index contributed by atoms with van der Waals surface area (Å²) in [6.45, 7) is 7.44. The number of ether oxygens (including phenoxy) is 1. The average molecular weight is 551 g/mol. The molecule has 8 nitrogen and oxygen atoms in total. The summed E-state index contributed by atoms with van der Waals surface area (Å²) in [6.07, 6.45) is 9.00. The molecule has 6 rings (SSSR count). The van der Waals surface area contributed by atoms with Crippen molar-refractivity contribution in [2.45, 2.75) is 87.4 Å². The molecule has 1 aromatic rings. The van der Waals surface area contributed by atoms with Crippen molar-refractivity contribution >= 4 is 5.91 Å². The summed E-state index contributed by atoms with van der Waals surface area (Å²) in [5.41, 5.74) is 2.58. The van der Waals surface area contributed by atoms with E-state index in [0.29, 0.717) is 38.1 Å². The molecule has 0 radical (unpaired) electrons. The number of hydrogen-bond acceptors (Lipinski definition) is 7. The van der Waals surface area contributed by atoms with Crippen LogP contribution in [-0.4, -0.2) is 91.1 Å². The van der Waals surface area contributed by atoms with Gasteiger partial charge in [0, 0.05) is 37.6 Å². The van der Waals surface area contributed by atoms with Crippen LogP contribution >= 0.6 is 0 Å². The van der Waals surface area contributed by atoms with Gasteiger partial charge >= 0.3 is 0 Å². The van der Waals surface area contributed by atoms with Gasteiger partial charge in [0.1, 0.15) is 5.82 Å². The molecule has 4 unspecified atom stereocenters. The van der Waals surface area contributed by atoms with E-state index >= 15 is 0 Å². The first-order valence-electron chi connectivity index (χ1n) is 15.1. The van der Waals surface area contributed by atoms with E-state index in [4.69, 9.17) is 4.74 Å². The predicted molar refractivity (Wildman–Crippen MR) is 150 cm³/mol. The fourth-order valence-electron chi connectivity index (χ4n) is 8.36.